The van der Waals surface area contributed by atoms with Gasteiger partial charge in [-0.05, 0) is 29.6 Å². The molecule has 0 aliphatic carbocycles. The van der Waals surface area contributed by atoms with E-state index in [2.05, 4.69) is 10.2 Å². The Morgan fingerprint density at radius 3 is 2.62 bits per heavy atom. The van der Waals surface area contributed by atoms with Gasteiger partial charge in [0.05, 0.1) is 16.1 Å². The molecule has 2 amide bonds. The summed E-state index contributed by atoms with van der Waals surface area (Å²) in [6.45, 7) is 4.03. The molecule has 2 heterocycles. The van der Waals surface area contributed by atoms with Crippen molar-refractivity contribution in [2.24, 2.45) is 0 Å². The van der Waals surface area contributed by atoms with Crippen molar-refractivity contribution in [3.63, 3.8) is 0 Å². The smallest absolute Gasteiger partial charge is 0.254 e. The van der Waals surface area contributed by atoms with Crippen LogP contribution in [-0.4, -0.2) is 60.9 Å². The quantitative estimate of drug-likeness (QED) is 0.846. The summed E-state index contributed by atoms with van der Waals surface area (Å²) in [5, 5.41) is 6.66. The van der Waals surface area contributed by atoms with Crippen LogP contribution in [0.2, 0.25) is 5.02 Å². The summed E-state index contributed by atoms with van der Waals surface area (Å²) in [5.74, 6) is -0.715. The lowest BCUT2D eigenvalue weighted by Gasteiger charge is -2.34. The molecular formula is C18H19ClFN3O2S. The number of amides is 2. The van der Waals surface area contributed by atoms with Gasteiger partial charge in [-0.2, -0.15) is 11.3 Å². The van der Waals surface area contributed by atoms with E-state index in [4.69, 9.17) is 11.6 Å². The molecule has 1 aromatic carbocycles. The highest BCUT2D eigenvalue weighted by molar-refractivity contribution is 7.08. The predicted octanol–water partition coefficient (Wildman–Crippen LogP) is 2.73. The van der Waals surface area contributed by atoms with E-state index in [-0.39, 0.29) is 22.4 Å². The van der Waals surface area contributed by atoms with Crippen LogP contribution < -0.4 is 5.32 Å². The molecule has 8 heteroatoms. The molecule has 5 nitrogen and oxygen atoms in total. The summed E-state index contributed by atoms with van der Waals surface area (Å²) in [7, 11) is 0. The zero-order valence-electron chi connectivity index (χ0n) is 14.1. The molecule has 3 rings (SSSR count). The van der Waals surface area contributed by atoms with Crippen LogP contribution in [0, 0.1) is 5.82 Å². The Morgan fingerprint density at radius 1 is 1.19 bits per heavy atom. The molecule has 26 heavy (non-hydrogen) atoms. The third kappa shape index (κ3) is 4.60. The van der Waals surface area contributed by atoms with Gasteiger partial charge in [0.15, 0.2) is 0 Å². The van der Waals surface area contributed by atoms with E-state index in [0.29, 0.717) is 26.2 Å². The third-order valence-corrected chi connectivity index (χ3v) is 5.31. The highest BCUT2D eigenvalue weighted by Crippen LogP contribution is 2.17. The molecule has 0 bridgehead atoms. The van der Waals surface area contributed by atoms with Crippen LogP contribution in [0.15, 0.2) is 35.0 Å². The Bertz CT molecular complexity index is 777. The summed E-state index contributed by atoms with van der Waals surface area (Å²) in [6.07, 6.45) is 0. The molecule has 0 unspecified atom stereocenters. The Hall–Kier alpha value is -1.96. The molecule has 0 spiro atoms. The standard InChI is InChI=1S/C18H19ClFN3O2S/c19-16-11-14(20)1-2-15(16)17(24)21-4-5-22-6-8-23(9-7-22)18(25)13-3-10-26-12-13/h1-3,10-12H,4-9H2,(H,21,24). The molecular weight excluding hydrogens is 377 g/mol. The highest BCUT2D eigenvalue weighted by atomic mass is 35.5. The van der Waals surface area contributed by atoms with E-state index >= 15 is 0 Å². The Kier molecular flexibility index (Phi) is 6.24. The maximum Gasteiger partial charge on any atom is 0.254 e. The van der Waals surface area contributed by atoms with E-state index in [0.717, 1.165) is 24.7 Å². The number of nitrogens with one attached hydrogen (secondary N) is 1. The Labute approximate surface area is 160 Å². The topological polar surface area (TPSA) is 52.7 Å². The maximum atomic E-state index is 13.0. The van der Waals surface area contributed by atoms with Crippen LogP contribution >= 0.6 is 22.9 Å². The van der Waals surface area contributed by atoms with Crippen molar-refractivity contribution in [2.45, 2.75) is 0 Å². The molecule has 138 valence electrons. The largest absolute Gasteiger partial charge is 0.351 e. The van der Waals surface area contributed by atoms with E-state index in [1.807, 2.05) is 21.7 Å². The number of carbonyl (C=O) groups is 2. The lowest BCUT2D eigenvalue weighted by Crippen LogP contribution is -2.50. The third-order valence-electron chi connectivity index (χ3n) is 4.32. The molecule has 0 atom stereocenters. The maximum absolute atomic E-state index is 13.0. The number of carbonyl (C=O) groups excluding carboxylic acids is 2. The van der Waals surface area contributed by atoms with Gasteiger partial charge < -0.3 is 10.2 Å². The summed E-state index contributed by atoms with van der Waals surface area (Å²) in [4.78, 5) is 28.5. The molecule has 1 aromatic heterocycles. The molecule has 1 fully saturated rings. The van der Waals surface area contributed by atoms with E-state index in [1.165, 1.54) is 23.5 Å². The number of halogens is 2. The fraction of sp³-hybridized carbons (Fsp3) is 0.333. The van der Waals surface area contributed by atoms with Gasteiger partial charge in [-0.3, -0.25) is 14.5 Å². The summed E-state index contributed by atoms with van der Waals surface area (Å²) >= 11 is 7.41. The summed E-state index contributed by atoms with van der Waals surface area (Å²) < 4.78 is 13.0. The fourth-order valence-corrected chi connectivity index (χ4v) is 3.72. The minimum absolute atomic E-state index is 0.0742. The van der Waals surface area contributed by atoms with Gasteiger partial charge in [0.2, 0.25) is 0 Å². The van der Waals surface area contributed by atoms with Gasteiger partial charge in [-0.1, -0.05) is 11.6 Å². The average molecular weight is 396 g/mol. The second-order valence-corrected chi connectivity index (χ2v) is 7.21. The molecule has 0 saturated carbocycles. The molecule has 1 N–H and O–H groups in total. The molecule has 1 aliphatic heterocycles. The minimum atomic E-state index is -0.471. The van der Waals surface area contributed by atoms with E-state index < -0.39 is 5.82 Å². The van der Waals surface area contributed by atoms with E-state index in [9.17, 15) is 14.0 Å². The van der Waals surface area contributed by atoms with Gasteiger partial charge in [0, 0.05) is 44.6 Å². The number of hydrogen-bond donors (Lipinski definition) is 1. The lowest BCUT2D eigenvalue weighted by atomic mass is 10.2. The van der Waals surface area contributed by atoms with Gasteiger partial charge in [0.25, 0.3) is 11.8 Å². The Balaban J connectivity index is 1.41. The normalized spacial score (nSPS) is 15.1. The van der Waals surface area contributed by atoms with E-state index in [1.54, 1.807) is 0 Å². The van der Waals surface area contributed by atoms with Crippen LogP contribution in [0.4, 0.5) is 4.39 Å². The van der Waals surface area contributed by atoms with Crippen molar-refractivity contribution in [2.75, 3.05) is 39.3 Å². The van der Waals surface area contributed by atoms with Crippen LogP contribution in [0.25, 0.3) is 0 Å². The van der Waals surface area contributed by atoms with Gasteiger partial charge in [0.1, 0.15) is 5.82 Å². The first-order chi connectivity index (χ1) is 12.5. The van der Waals surface area contributed by atoms with Crippen molar-refractivity contribution in [1.82, 2.24) is 15.1 Å². The first-order valence-electron chi connectivity index (χ1n) is 8.31. The van der Waals surface area contributed by atoms with Crippen LogP contribution in [0.5, 0.6) is 0 Å². The number of benzene rings is 1. The van der Waals surface area contributed by atoms with Gasteiger partial charge in [-0.25, -0.2) is 4.39 Å². The van der Waals surface area contributed by atoms with Crippen molar-refractivity contribution < 1.29 is 14.0 Å². The Morgan fingerprint density at radius 2 is 1.96 bits per heavy atom. The highest BCUT2D eigenvalue weighted by Gasteiger charge is 2.22. The average Bonchev–Trinajstić information content (AvgIpc) is 3.16. The van der Waals surface area contributed by atoms with Crippen LogP contribution in [0.1, 0.15) is 20.7 Å². The molecule has 2 aromatic rings. The number of nitrogens with zero attached hydrogens (tertiary/aromatic N) is 2. The number of piperazine rings is 1. The predicted molar refractivity (Wildman–Crippen MR) is 100 cm³/mol. The van der Waals surface area contributed by atoms with Crippen LogP contribution in [0.3, 0.4) is 0 Å². The zero-order valence-corrected chi connectivity index (χ0v) is 15.7. The second-order valence-electron chi connectivity index (χ2n) is 6.03. The van der Waals surface area contributed by atoms with Crippen molar-refractivity contribution >= 4 is 34.8 Å². The molecule has 0 radical (unpaired) electrons. The monoisotopic (exact) mass is 395 g/mol. The van der Waals surface area contributed by atoms with Crippen LogP contribution in [-0.2, 0) is 0 Å². The van der Waals surface area contributed by atoms with Gasteiger partial charge in [-0.15, -0.1) is 0 Å². The number of thiophene rings is 1. The molecule has 1 saturated heterocycles. The SMILES string of the molecule is O=C(NCCN1CCN(C(=O)c2ccsc2)CC1)c1ccc(F)cc1Cl. The first-order valence-corrected chi connectivity index (χ1v) is 9.64. The summed E-state index contributed by atoms with van der Waals surface area (Å²) in [6, 6.07) is 5.56. The minimum Gasteiger partial charge on any atom is -0.351 e. The fourth-order valence-electron chi connectivity index (χ4n) is 2.84. The van der Waals surface area contributed by atoms with Gasteiger partial charge >= 0.3 is 0 Å². The summed E-state index contributed by atoms with van der Waals surface area (Å²) in [5.41, 5.74) is 1.01. The zero-order chi connectivity index (χ0) is 18.5. The molecule has 1 aliphatic rings. The van der Waals surface area contributed by atoms with Crippen molar-refractivity contribution in [1.29, 1.82) is 0 Å². The number of rotatable bonds is 5. The number of hydrogen-bond acceptors (Lipinski definition) is 4. The van der Waals surface area contributed by atoms with Crippen molar-refractivity contribution in [3.8, 4) is 0 Å². The second kappa shape index (κ2) is 8.62. The lowest BCUT2D eigenvalue weighted by molar-refractivity contribution is 0.0638. The van der Waals surface area contributed by atoms with Crippen molar-refractivity contribution in [3.05, 3.63) is 57.0 Å². The first kappa shape index (κ1) is 18.8.